The predicted octanol–water partition coefficient (Wildman–Crippen LogP) is 0.770. The fourth-order valence-corrected chi connectivity index (χ4v) is 2.55. The van der Waals surface area contributed by atoms with Crippen LogP contribution >= 0.6 is 0 Å². The Hall–Kier alpha value is -0.570. The molecule has 1 unspecified atom stereocenters. The molecule has 1 saturated heterocycles. The fraction of sp³-hybridized carbons (Fsp3) is 0.909. The van der Waals surface area contributed by atoms with Crippen LogP contribution in [0.1, 0.15) is 32.1 Å². The molecular weight excluding hydrogens is 178 g/mol. The Morgan fingerprint density at radius 2 is 2.00 bits per heavy atom. The van der Waals surface area contributed by atoms with Crippen LogP contribution in [0.25, 0.3) is 0 Å². The first-order valence-electron chi connectivity index (χ1n) is 5.70. The van der Waals surface area contributed by atoms with Gasteiger partial charge in [-0.15, -0.1) is 0 Å². The molecule has 14 heavy (non-hydrogen) atoms. The second kappa shape index (κ2) is 2.72. The molecule has 0 bridgehead atoms. The van der Waals surface area contributed by atoms with E-state index in [1.165, 1.54) is 0 Å². The van der Waals surface area contributed by atoms with Gasteiger partial charge in [-0.25, -0.2) is 0 Å². The summed E-state index contributed by atoms with van der Waals surface area (Å²) in [4.78, 5) is 13.6. The highest BCUT2D eigenvalue weighted by Crippen LogP contribution is 2.45. The van der Waals surface area contributed by atoms with Gasteiger partial charge in [-0.3, -0.25) is 4.79 Å². The SMILES string of the molecule is O=C(C1CC1)N1CCC(O)(C2CC2)C1. The summed E-state index contributed by atoms with van der Waals surface area (Å²) in [6.07, 6.45) is 5.24. The number of carbonyl (C=O) groups is 1. The summed E-state index contributed by atoms with van der Waals surface area (Å²) in [5.41, 5.74) is -0.523. The third kappa shape index (κ3) is 1.34. The van der Waals surface area contributed by atoms with Gasteiger partial charge in [-0.05, 0) is 38.0 Å². The fourth-order valence-electron chi connectivity index (χ4n) is 2.55. The smallest absolute Gasteiger partial charge is 0.225 e. The Bertz CT molecular complexity index is 270. The van der Waals surface area contributed by atoms with Crippen molar-refractivity contribution in [1.82, 2.24) is 4.90 Å². The Morgan fingerprint density at radius 1 is 1.29 bits per heavy atom. The Kier molecular flexibility index (Phi) is 1.69. The number of β-amino-alcohol motifs (C(OH)–C–C–N with tert-alkyl or cyclic N) is 1. The first-order chi connectivity index (χ1) is 6.69. The van der Waals surface area contributed by atoms with Crippen LogP contribution in [0, 0.1) is 11.8 Å². The van der Waals surface area contributed by atoms with Gasteiger partial charge < -0.3 is 10.0 Å². The second-order valence-corrected chi connectivity index (χ2v) is 5.16. The zero-order valence-electron chi connectivity index (χ0n) is 8.41. The number of carbonyl (C=O) groups excluding carboxylic acids is 1. The van der Waals surface area contributed by atoms with Crippen molar-refractivity contribution in [2.45, 2.75) is 37.7 Å². The Labute approximate surface area is 84.1 Å². The topological polar surface area (TPSA) is 40.5 Å². The highest BCUT2D eigenvalue weighted by atomic mass is 16.3. The van der Waals surface area contributed by atoms with E-state index in [1.54, 1.807) is 0 Å². The van der Waals surface area contributed by atoms with Crippen molar-refractivity contribution in [1.29, 1.82) is 0 Å². The largest absolute Gasteiger partial charge is 0.388 e. The van der Waals surface area contributed by atoms with Gasteiger partial charge in [0.2, 0.25) is 5.91 Å². The molecule has 0 aromatic carbocycles. The highest BCUT2D eigenvalue weighted by Gasteiger charge is 2.50. The first-order valence-corrected chi connectivity index (χ1v) is 5.70. The minimum absolute atomic E-state index is 0.293. The van der Waals surface area contributed by atoms with Crippen molar-refractivity contribution in [3.8, 4) is 0 Å². The van der Waals surface area contributed by atoms with Crippen LogP contribution in [-0.4, -0.2) is 34.6 Å². The maximum atomic E-state index is 11.8. The molecule has 0 radical (unpaired) electrons. The second-order valence-electron chi connectivity index (χ2n) is 5.16. The molecule has 0 spiro atoms. The lowest BCUT2D eigenvalue weighted by atomic mass is 9.97. The molecule has 78 valence electrons. The summed E-state index contributed by atoms with van der Waals surface area (Å²) in [5.74, 6) is 1.08. The third-order valence-corrected chi connectivity index (χ3v) is 3.85. The van der Waals surface area contributed by atoms with Gasteiger partial charge in [-0.2, -0.15) is 0 Å². The van der Waals surface area contributed by atoms with Crippen molar-refractivity contribution in [3.63, 3.8) is 0 Å². The minimum Gasteiger partial charge on any atom is -0.388 e. The van der Waals surface area contributed by atoms with E-state index >= 15 is 0 Å². The number of likely N-dealkylation sites (tertiary alicyclic amines) is 1. The lowest BCUT2D eigenvalue weighted by Gasteiger charge is -2.23. The zero-order chi connectivity index (χ0) is 9.76. The van der Waals surface area contributed by atoms with E-state index in [-0.39, 0.29) is 0 Å². The van der Waals surface area contributed by atoms with Crippen LogP contribution in [0.2, 0.25) is 0 Å². The average molecular weight is 195 g/mol. The van der Waals surface area contributed by atoms with Gasteiger partial charge >= 0.3 is 0 Å². The van der Waals surface area contributed by atoms with Crippen molar-refractivity contribution in [3.05, 3.63) is 0 Å². The van der Waals surface area contributed by atoms with Gasteiger partial charge in [0.25, 0.3) is 0 Å². The predicted molar refractivity (Wildman–Crippen MR) is 51.6 cm³/mol. The average Bonchev–Trinajstić information content (AvgIpc) is 3.00. The summed E-state index contributed by atoms with van der Waals surface area (Å²) in [6.45, 7) is 1.38. The number of aliphatic hydroxyl groups is 1. The molecule has 3 rings (SSSR count). The van der Waals surface area contributed by atoms with Crippen LogP contribution in [-0.2, 0) is 4.79 Å². The van der Waals surface area contributed by atoms with Gasteiger partial charge in [-0.1, -0.05) is 0 Å². The summed E-state index contributed by atoms with van der Waals surface area (Å²) in [5, 5.41) is 10.3. The van der Waals surface area contributed by atoms with E-state index in [9.17, 15) is 9.90 Å². The Morgan fingerprint density at radius 3 is 2.57 bits per heavy atom. The van der Waals surface area contributed by atoms with Crippen molar-refractivity contribution in [2.75, 3.05) is 13.1 Å². The van der Waals surface area contributed by atoms with Crippen LogP contribution in [0.15, 0.2) is 0 Å². The minimum atomic E-state index is -0.523. The number of rotatable bonds is 2. The van der Waals surface area contributed by atoms with E-state index < -0.39 is 5.60 Å². The number of hydrogen-bond donors (Lipinski definition) is 1. The van der Waals surface area contributed by atoms with Crippen molar-refractivity contribution >= 4 is 5.91 Å². The Balaban J connectivity index is 1.65. The molecule has 3 heteroatoms. The molecule has 3 aliphatic rings. The van der Waals surface area contributed by atoms with E-state index in [4.69, 9.17) is 0 Å². The zero-order valence-corrected chi connectivity index (χ0v) is 8.41. The standard InChI is InChI=1S/C11H17NO2/c13-10(8-1-2-8)12-6-5-11(14,7-12)9-3-4-9/h8-9,14H,1-7H2. The molecule has 1 amide bonds. The molecule has 1 heterocycles. The maximum absolute atomic E-state index is 11.8. The van der Waals surface area contributed by atoms with Gasteiger partial charge in [0, 0.05) is 19.0 Å². The molecule has 0 aromatic rings. The maximum Gasteiger partial charge on any atom is 0.225 e. The number of nitrogens with zero attached hydrogens (tertiary/aromatic N) is 1. The third-order valence-electron chi connectivity index (χ3n) is 3.85. The van der Waals surface area contributed by atoms with Crippen molar-refractivity contribution in [2.24, 2.45) is 11.8 Å². The molecule has 3 nitrogen and oxygen atoms in total. The van der Waals surface area contributed by atoms with E-state index in [0.717, 1.165) is 38.6 Å². The van der Waals surface area contributed by atoms with E-state index in [2.05, 4.69) is 0 Å². The van der Waals surface area contributed by atoms with Crippen molar-refractivity contribution < 1.29 is 9.90 Å². The van der Waals surface area contributed by atoms with Gasteiger partial charge in [0.1, 0.15) is 0 Å². The van der Waals surface area contributed by atoms with Gasteiger partial charge in [0.05, 0.1) is 5.60 Å². The quantitative estimate of drug-likeness (QED) is 0.707. The molecule has 1 atom stereocenters. The summed E-state index contributed by atoms with van der Waals surface area (Å²) in [6, 6.07) is 0. The van der Waals surface area contributed by atoms with E-state index in [0.29, 0.717) is 24.3 Å². The lowest BCUT2D eigenvalue weighted by molar-refractivity contribution is -0.132. The highest BCUT2D eigenvalue weighted by molar-refractivity contribution is 5.81. The molecular formula is C11H17NO2. The normalized spacial score (nSPS) is 37.6. The first kappa shape index (κ1) is 8.72. The van der Waals surface area contributed by atoms with E-state index in [1.807, 2.05) is 4.90 Å². The summed E-state index contributed by atoms with van der Waals surface area (Å²) < 4.78 is 0. The summed E-state index contributed by atoms with van der Waals surface area (Å²) >= 11 is 0. The van der Waals surface area contributed by atoms with Gasteiger partial charge in [0.15, 0.2) is 0 Å². The molecule has 1 aliphatic heterocycles. The molecule has 2 saturated carbocycles. The molecule has 0 aromatic heterocycles. The van der Waals surface area contributed by atoms with Crippen LogP contribution in [0.4, 0.5) is 0 Å². The molecule has 1 N–H and O–H groups in total. The molecule has 3 fully saturated rings. The number of hydrogen-bond acceptors (Lipinski definition) is 2. The monoisotopic (exact) mass is 195 g/mol. The molecule has 2 aliphatic carbocycles. The summed E-state index contributed by atoms with van der Waals surface area (Å²) in [7, 11) is 0. The number of amides is 1. The van der Waals surface area contributed by atoms with Crippen LogP contribution in [0.5, 0.6) is 0 Å². The van der Waals surface area contributed by atoms with Crippen LogP contribution in [0.3, 0.4) is 0 Å². The lowest BCUT2D eigenvalue weighted by Crippen LogP contribution is -2.38. The van der Waals surface area contributed by atoms with Crippen LogP contribution < -0.4 is 0 Å².